The topological polar surface area (TPSA) is 32.5 Å². The summed E-state index contributed by atoms with van der Waals surface area (Å²) in [6, 6.07) is 8.58. The summed E-state index contributed by atoms with van der Waals surface area (Å²) in [7, 11) is 0. The lowest BCUT2D eigenvalue weighted by Crippen LogP contribution is -2.35. The minimum atomic E-state index is 0.618. The highest BCUT2D eigenvalue weighted by molar-refractivity contribution is 5.22. The summed E-state index contributed by atoms with van der Waals surface area (Å²) in [5, 5.41) is 4.72. The van der Waals surface area contributed by atoms with Gasteiger partial charge in [0, 0.05) is 25.8 Å². The summed E-state index contributed by atoms with van der Waals surface area (Å²) in [6.45, 7) is 5.99. The zero-order chi connectivity index (χ0) is 12.8. The van der Waals surface area contributed by atoms with Gasteiger partial charge in [-0.05, 0) is 17.5 Å². The van der Waals surface area contributed by atoms with Gasteiger partial charge in [0.25, 0.3) is 0 Å². The Kier molecular flexibility index (Phi) is 4.79. The molecule has 0 aliphatic carbocycles. The Balaban J connectivity index is 1.92. The number of nitrogens with zero attached hydrogens (tertiary/aromatic N) is 2. The number of rotatable bonds is 6. The molecular weight excluding hydrogens is 222 g/mol. The molecule has 0 unspecified atom stereocenters. The first-order chi connectivity index (χ1) is 8.83. The average molecular weight is 245 g/mol. The summed E-state index contributed by atoms with van der Waals surface area (Å²) < 4.78 is 0. The maximum absolute atomic E-state index is 5.61. The molecule has 1 aliphatic rings. The highest BCUT2D eigenvalue weighted by Crippen LogP contribution is 2.14. The van der Waals surface area contributed by atoms with E-state index >= 15 is 0 Å². The van der Waals surface area contributed by atoms with Gasteiger partial charge in [-0.15, -0.1) is 0 Å². The molecule has 1 aliphatic heterocycles. The van der Waals surface area contributed by atoms with E-state index in [0.717, 1.165) is 19.6 Å². The van der Waals surface area contributed by atoms with Crippen molar-refractivity contribution in [3.63, 3.8) is 0 Å². The molecule has 1 aromatic carbocycles. The monoisotopic (exact) mass is 245 g/mol. The van der Waals surface area contributed by atoms with Gasteiger partial charge in [-0.1, -0.05) is 43.7 Å². The van der Waals surface area contributed by atoms with Crippen LogP contribution in [0.3, 0.4) is 0 Å². The Bertz CT molecular complexity index is 383. The van der Waals surface area contributed by atoms with Crippen LogP contribution in [0.2, 0.25) is 0 Å². The van der Waals surface area contributed by atoms with Gasteiger partial charge in [-0.2, -0.15) is 0 Å². The second-order valence-corrected chi connectivity index (χ2v) is 4.77. The van der Waals surface area contributed by atoms with Gasteiger partial charge in [0.2, 0.25) is 0 Å². The van der Waals surface area contributed by atoms with Crippen LogP contribution in [0.4, 0.5) is 0 Å². The molecule has 2 rings (SSSR count). The van der Waals surface area contributed by atoms with Crippen molar-refractivity contribution < 1.29 is 0 Å². The summed E-state index contributed by atoms with van der Waals surface area (Å²) in [4.78, 5) is 0. The fourth-order valence-electron chi connectivity index (χ4n) is 2.17. The number of nitrogens with two attached hydrogens (primary N) is 1. The third-order valence-electron chi connectivity index (χ3n) is 3.33. The van der Waals surface area contributed by atoms with Gasteiger partial charge in [-0.25, -0.2) is 5.01 Å². The van der Waals surface area contributed by atoms with E-state index in [1.54, 1.807) is 0 Å². The largest absolute Gasteiger partial charge is 0.326 e. The smallest absolute Gasteiger partial charge is 0.0590 e. The standard InChI is InChI=1S/C15H23N3/c1-2-3-9-17-10-4-11-18(17)13-15-7-5-14(12-16)6-8-15/h4-8,11H,2-3,9-10,12-13,16H2,1H3. The van der Waals surface area contributed by atoms with E-state index in [2.05, 4.69) is 53.5 Å². The van der Waals surface area contributed by atoms with Gasteiger partial charge < -0.3 is 10.7 Å². The van der Waals surface area contributed by atoms with E-state index in [0.29, 0.717) is 6.54 Å². The first-order valence-electron chi connectivity index (χ1n) is 6.79. The number of hydrogen-bond donors (Lipinski definition) is 1. The molecule has 0 bridgehead atoms. The van der Waals surface area contributed by atoms with Crippen LogP contribution in [0.15, 0.2) is 36.5 Å². The fraction of sp³-hybridized carbons (Fsp3) is 0.467. The zero-order valence-corrected chi connectivity index (χ0v) is 11.2. The van der Waals surface area contributed by atoms with Gasteiger partial charge >= 0.3 is 0 Å². The summed E-state index contributed by atoms with van der Waals surface area (Å²) in [6.07, 6.45) is 6.91. The Morgan fingerprint density at radius 1 is 1.17 bits per heavy atom. The lowest BCUT2D eigenvalue weighted by Gasteiger charge is -2.29. The summed E-state index contributed by atoms with van der Waals surface area (Å²) in [5.41, 5.74) is 8.14. The van der Waals surface area contributed by atoms with Crippen LogP contribution >= 0.6 is 0 Å². The molecular formula is C15H23N3. The van der Waals surface area contributed by atoms with Gasteiger partial charge in [-0.3, -0.25) is 0 Å². The van der Waals surface area contributed by atoms with E-state index in [1.165, 1.54) is 24.0 Å². The van der Waals surface area contributed by atoms with E-state index in [-0.39, 0.29) is 0 Å². The van der Waals surface area contributed by atoms with Crippen molar-refractivity contribution in [1.29, 1.82) is 0 Å². The molecule has 1 aromatic rings. The van der Waals surface area contributed by atoms with E-state index in [1.807, 2.05) is 0 Å². The second-order valence-electron chi connectivity index (χ2n) is 4.77. The Labute approximate surface area is 110 Å². The molecule has 98 valence electrons. The van der Waals surface area contributed by atoms with Crippen LogP contribution in [0.5, 0.6) is 0 Å². The minimum Gasteiger partial charge on any atom is -0.326 e. The molecule has 0 spiro atoms. The molecule has 0 saturated heterocycles. The third kappa shape index (κ3) is 3.34. The van der Waals surface area contributed by atoms with Crippen molar-refractivity contribution >= 4 is 0 Å². The van der Waals surface area contributed by atoms with Crippen LogP contribution in [-0.2, 0) is 13.1 Å². The van der Waals surface area contributed by atoms with Gasteiger partial charge in [0.1, 0.15) is 0 Å². The Morgan fingerprint density at radius 3 is 2.56 bits per heavy atom. The normalized spacial score (nSPS) is 15.6. The molecule has 3 nitrogen and oxygen atoms in total. The lowest BCUT2D eigenvalue weighted by molar-refractivity contribution is 0.0428. The SMILES string of the molecule is CCCCN1CC=CN1Cc1ccc(CN)cc1. The van der Waals surface area contributed by atoms with E-state index < -0.39 is 0 Å². The Morgan fingerprint density at radius 2 is 1.89 bits per heavy atom. The van der Waals surface area contributed by atoms with Crippen LogP contribution in [-0.4, -0.2) is 23.1 Å². The predicted octanol–water partition coefficient (Wildman–Crippen LogP) is 2.49. The third-order valence-corrected chi connectivity index (χ3v) is 3.33. The molecule has 18 heavy (non-hydrogen) atoms. The van der Waals surface area contributed by atoms with Gasteiger partial charge in [0.15, 0.2) is 0 Å². The molecule has 2 N–H and O–H groups in total. The van der Waals surface area contributed by atoms with Crippen LogP contribution in [0, 0.1) is 0 Å². The molecule has 3 heteroatoms. The van der Waals surface area contributed by atoms with E-state index in [4.69, 9.17) is 5.73 Å². The zero-order valence-electron chi connectivity index (χ0n) is 11.2. The average Bonchev–Trinajstić information content (AvgIpc) is 2.84. The number of benzene rings is 1. The molecule has 0 aromatic heterocycles. The van der Waals surface area contributed by atoms with Crippen molar-refractivity contribution in [2.75, 3.05) is 13.1 Å². The van der Waals surface area contributed by atoms with E-state index in [9.17, 15) is 0 Å². The number of hydrogen-bond acceptors (Lipinski definition) is 3. The fourth-order valence-corrected chi connectivity index (χ4v) is 2.17. The second kappa shape index (κ2) is 6.57. The molecule has 0 saturated carbocycles. The molecule has 0 amide bonds. The van der Waals surface area contributed by atoms with Crippen molar-refractivity contribution in [1.82, 2.24) is 10.0 Å². The van der Waals surface area contributed by atoms with Crippen LogP contribution in [0.1, 0.15) is 30.9 Å². The lowest BCUT2D eigenvalue weighted by atomic mass is 10.1. The van der Waals surface area contributed by atoms with Crippen molar-refractivity contribution in [2.24, 2.45) is 5.73 Å². The molecule has 1 heterocycles. The highest BCUT2D eigenvalue weighted by Gasteiger charge is 2.15. The molecule has 0 fully saturated rings. The first-order valence-corrected chi connectivity index (χ1v) is 6.79. The quantitative estimate of drug-likeness (QED) is 0.835. The predicted molar refractivity (Wildman–Crippen MR) is 75.5 cm³/mol. The van der Waals surface area contributed by atoms with Crippen molar-refractivity contribution in [3.05, 3.63) is 47.7 Å². The van der Waals surface area contributed by atoms with Crippen LogP contribution in [0.25, 0.3) is 0 Å². The number of hydrazine groups is 1. The highest BCUT2D eigenvalue weighted by atomic mass is 15.6. The molecule has 0 atom stereocenters. The molecule has 0 radical (unpaired) electrons. The van der Waals surface area contributed by atoms with Crippen molar-refractivity contribution in [3.8, 4) is 0 Å². The minimum absolute atomic E-state index is 0.618. The summed E-state index contributed by atoms with van der Waals surface area (Å²) >= 11 is 0. The van der Waals surface area contributed by atoms with Crippen LogP contribution < -0.4 is 5.73 Å². The van der Waals surface area contributed by atoms with Gasteiger partial charge in [0.05, 0.1) is 6.54 Å². The van der Waals surface area contributed by atoms with Crippen molar-refractivity contribution in [2.45, 2.75) is 32.9 Å². The number of unbranched alkanes of at least 4 members (excludes halogenated alkanes) is 1. The maximum atomic E-state index is 5.61. The maximum Gasteiger partial charge on any atom is 0.0590 e. The Hall–Kier alpha value is -1.32. The summed E-state index contributed by atoms with van der Waals surface area (Å²) in [5.74, 6) is 0. The first kappa shape index (κ1) is 13.1.